The maximum Gasteiger partial charge on any atom is 0.251 e. The Balaban J connectivity index is 1.53. The Bertz CT molecular complexity index is 1290. The van der Waals surface area contributed by atoms with Crippen molar-refractivity contribution in [3.8, 4) is 22.8 Å². The van der Waals surface area contributed by atoms with Crippen molar-refractivity contribution in [2.24, 2.45) is 0 Å². The van der Waals surface area contributed by atoms with Crippen LogP contribution in [-0.2, 0) is 0 Å². The Morgan fingerprint density at radius 3 is 2.64 bits per heavy atom. The third kappa shape index (κ3) is 4.32. The number of rotatable bonds is 6. The van der Waals surface area contributed by atoms with Crippen molar-refractivity contribution in [1.82, 2.24) is 20.3 Å². The summed E-state index contributed by atoms with van der Waals surface area (Å²) in [6.45, 7) is 0. The minimum atomic E-state index is -0.141. The van der Waals surface area contributed by atoms with Gasteiger partial charge in [0.1, 0.15) is 17.5 Å². The lowest BCUT2D eigenvalue weighted by molar-refractivity contribution is 0.0963. The monoisotopic (exact) mass is 443 g/mol. The van der Waals surface area contributed by atoms with Crippen molar-refractivity contribution in [2.75, 3.05) is 12.4 Å². The van der Waals surface area contributed by atoms with Crippen LogP contribution in [0.2, 0.25) is 0 Å². The topological polar surface area (TPSA) is 112 Å². The number of anilines is 2. The molecule has 2 aromatic carbocycles. The van der Waals surface area contributed by atoms with Gasteiger partial charge in [-0.2, -0.15) is 9.97 Å². The van der Waals surface area contributed by atoms with Crippen molar-refractivity contribution in [3.63, 3.8) is 0 Å². The fourth-order valence-electron chi connectivity index (χ4n) is 4.18. The molecule has 1 fully saturated rings. The molecule has 0 bridgehead atoms. The first-order valence-corrected chi connectivity index (χ1v) is 11.0. The molecule has 1 saturated carbocycles. The van der Waals surface area contributed by atoms with Crippen molar-refractivity contribution in [3.05, 3.63) is 60.3 Å². The number of nitrogens with one attached hydrogen (secondary N) is 3. The second-order valence-corrected chi connectivity index (χ2v) is 8.13. The predicted molar refractivity (Wildman–Crippen MR) is 127 cm³/mol. The number of phenolic OH excluding ortho intramolecular Hbond substituents is 1. The molecule has 8 heteroatoms. The van der Waals surface area contributed by atoms with Crippen LogP contribution in [0.25, 0.3) is 22.2 Å². The number of aromatic nitrogens is 3. The summed E-state index contributed by atoms with van der Waals surface area (Å²) in [5, 5.41) is 16.6. The predicted octanol–water partition coefficient (Wildman–Crippen LogP) is 4.76. The number of phenols is 1. The number of amides is 1. The number of aromatic amines is 1. The summed E-state index contributed by atoms with van der Waals surface area (Å²) in [7, 11) is 1.60. The van der Waals surface area contributed by atoms with Gasteiger partial charge in [-0.1, -0.05) is 12.1 Å². The van der Waals surface area contributed by atoms with E-state index in [1.807, 2.05) is 24.4 Å². The van der Waals surface area contributed by atoms with Crippen LogP contribution in [0.4, 0.5) is 11.6 Å². The van der Waals surface area contributed by atoms with Gasteiger partial charge in [-0.3, -0.25) is 4.79 Å². The molecule has 1 amide bonds. The highest BCUT2D eigenvalue weighted by Gasteiger charge is 2.22. The van der Waals surface area contributed by atoms with E-state index in [0.29, 0.717) is 23.0 Å². The van der Waals surface area contributed by atoms with E-state index in [4.69, 9.17) is 9.72 Å². The second-order valence-electron chi connectivity index (χ2n) is 8.13. The van der Waals surface area contributed by atoms with E-state index in [1.165, 1.54) is 0 Å². The number of ether oxygens (including phenoxy) is 1. The zero-order valence-corrected chi connectivity index (χ0v) is 18.3. The third-order valence-electron chi connectivity index (χ3n) is 5.87. The maximum atomic E-state index is 11.8. The molecule has 8 nitrogen and oxygen atoms in total. The van der Waals surface area contributed by atoms with Crippen molar-refractivity contribution in [1.29, 1.82) is 0 Å². The molecule has 4 aromatic rings. The summed E-state index contributed by atoms with van der Waals surface area (Å²) in [4.78, 5) is 24.4. The number of nitrogens with zero attached hydrogens (tertiary/aromatic N) is 2. The van der Waals surface area contributed by atoms with Crippen LogP contribution in [0.3, 0.4) is 0 Å². The second kappa shape index (κ2) is 8.82. The lowest BCUT2D eigenvalue weighted by Crippen LogP contribution is -2.17. The molecule has 2 aromatic heterocycles. The first-order valence-electron chi connectivity index (χ1n) is 11.0. The standard InChI is InChI=1S/C25H25N5O3/c1-26-23(32)15-9-11-17(12-10-15)28-25-29-22-21(24(30-25)33-19-7-2-3-8-19)20(14-27-22)16-5-4-6-18(31)13-16/h4-6,9-14,19,31H,2-3,7-8H2,1H3,(H,26,32)(H2,27,28,29,30). The Morgan fingerprint density at radius 1 is 1.12 bits per heavy atom. The Labute approximate surface area is 191 Å². The van der Waals surface area contributed by atoms with Crippen LogP contribution in [0.1, 0.15) is 36.0 Å². The van der Waals surface area contributed by atoms with E-state index >= 15 is 0 Å². The van der Waals surface area contributed by atoms with Gasteiger partial charge in [0.25, 0.3) is 5.91 Å². The molecular weight excluding hydrogens is 418 g/mol. The third-order valence-corrected chi connectivity index (χ3v) is 5.87. The van der Waals surface area contributed by atoms with Crippen molar-refractivity contribution < 1.29 is 14.6 Å². The zero-order valence-electron chi connectivity index (χ0n) is 18.3. The molecule has 0 spiro atoms. The summed E-state index contributed by atoms with van der Waals surface area (Å²) >= 11 is 0. The molecule has 0 atom stereocenters. The van der Waals surface area contributed by atoms with Crippen LogP contribution < -0.4 is 15.4 Å². The van der Waals surface area contributed by atoms with Crippen LogP contribution in [0, 0.1) is 0 Å². The van der Waals surface area contributed by atoms with Crippen molar-refractivity contribution >= 4 is 28.6 Å². The van der Waals surface area contributed by atoms with E-state index < -0.39 is 0 Å². The number of fused-ring (bicyclic) bond motifs is 1. The lowest BCUT2D eigenvalue weighted by Gasteiger charge is -2.15. The van der Waals surface area contributed by atoms with E-state index in [-0.39, 0.29) is 17.8 Å². The van der Waals surface area contributed by atoms with Gasteiger partial charge in [-0.15, -0.1) is 0 Å². The van der Waals surface area contributed by atoms with Gasteiger partial charge in [0.15, 0.2) is 0 Å². The fourth-order valence-corrected chi connectivity index (χ4v) is 4.18. The number of carbonyl (C=O) groups excluding carboxylic acids is 1. The summed E-state index contributed by atoms with van der Waals surface area (Å²) in [5.41, 5.74) is 3.70. The van der Waals surface area contributed by atoms with Crippen LogP contribution in [0.5, 0.6) is 11.6 Å². The average molecular weight is 444 g/mol. The SMILES string of the molecule is CNC(=O)c1ccc(Nc2nc(OC3CCCC3)c3c(-c4cccc(O)c4)c[nH]c3n2)cc1. The number of benzene rings is 2. The van der Waals surface area contributed by atoms with Gasteiger partial charge < -0.3 is 25.5 Å². The van der Waals surface area contributed by atoms with E-state index in [0.717, 1.165) is 47.9 Å². The Kier molecular flexibility index (Phi) is 5.56. The van der Waals surface area contributed by atoms with Gasteiger partial charge >= 0.3 is 0 Å². The Hall–Kier alpha value is -4.07. The minimum absolute atomic E-state index is 0.120. The number of H-pyrrole nitrogens is 1. The summed E-state index contributed by atoms with van der Waals surface area (Å²) in [6, 6.07) is 14.2. The zero-order chi connectivity index (χ0) is 22.8. The molecular formula is C25H25N5O3. The molecule has 168 valence electrons. The van der Waals surface area contributed by atoms with Gasteiger partial charge in [0, 0.05) is 30.1 Å². The molecule has 0 aliphatic heterocycles. The first-order chi connectivity index (χ1) is 16.1. The normalized spacial score (nSPS) is 13.8. The molecule has 0 saturated heterocycles. The average Bonchev–Trinajstić information content (AvgIpc) is 3.49. The number of carbonyl (C=O) groups is 1. The highest BCUT2D eigenvalue weighted by Crippen LogP contribution is 2.37. The van der Waals surface area contributed by atoms with Gasteiger partial charge in [-0.25, -0.2) is 0 Å². The van der Waals surface area contributed by atoms with Crippen LogP contribution in [-0.4, -0.2) is 39.1 Å². The summed E-state index contributed by atoms with van der Waals surface area (Å²) < 4.78 is 6.36. The molecule has 5 rings (SSSR count). The smallest absolute Gasteiger partial charge is 0.251 e. The lowest BCUT2D eigenvalue weighted by atomic mass is 10.1. The van der Waals surface area contributed by atoms with E-state index in [1.54, 1.807) is 37.4 Å². The molecule has 4 N–H and O–H groups in total. The molecule has 0 radical (unpaired) electrons. The first kappa shape index (κ1) is 20.8. The van der Waals surface area contributed by atoms with Crippen LogP contribution >= 0.6 is 0 Å². The largest absolute Gasteiger partial charge is 0.508 e. The number of aromatic hydroxyl groups is 1. The highest BCUT2D eigenvalue weighted by molar-refractivity contribution is 5.98. The van der Waals surface area contributed by atoms with Gasteiger partial charge in [-0.05, 0) is 67.6 Å². The van der Waals surface area contributed by atoms with E-state index in [9.17, 15) is 9.90 Å². The van der Waals surface area contributed by atoms with Crippen LogP contribution in [0.15, 0.2) is 54.7 Å². The van der Waals surface area contributed by atoms with Gasteiger partial charge in [0.05, 0.1) is 5.39 Å². The number of hydrogen-bond donors (Lipinski definition) is 4. The minimum Gasteiger partial charge on any atom is -0.508 e. The quantitative estimate of drug-likeness (QED) is 0.342. The summed E-state index contributed by atoms with van der Waals surface area (Å²) in [5.74, 6) is 0.959. The Morgan fingerprint density at radius 2 is 1.91 bits per heavy atom. The van der Waals surface area contributed by atoms with Gasteiger partial charge in [0.2, 0.25) is 11.8 Å². The molecule has 2 heterocycles. The molecule has 1 aliphatic carbocycles. The van der Waals surface area contributed by atoms with Crippen molar-refractivity contribution in [2.45, 2.75) is 31.8 Å². The molecule has 1 aliphatic rings. The molecule has 0 unspecified atom stereocenters. The van der Waals surface area contributed by atoms with E-state index in [2.05, 4.69) is 20.6 Å². The highest BCUT2D eigenvalue weighted by atomic mass is 16.5. The molecule has 33 heavy (non-hydrogen) atoms. The number of hydrogen-bond acceptors (Lipinski definition) is 6. The fraction of sp³-hybridized carbons (Fsp3) is 0.240. The summed E-state index contributed by atoms with van der Waals surface area (Å²) in [6.07, 6.45) is 6.28. The maximum absolute atomic E-state index is 11.8.